The Kier molecular flexibility index (Phi) is 3.65. The van der Waals surface area contributed by atoms with Crippen molar-refractivity contribution < 1.29 is 19.5 Å². The molecule has 0 amide bonds. The van der Waals surface area contributed by atoms with Crippen molar-refractivity contribution in [3.8, 4) is 0 Å². The van der Waals surface area contributed by atoms with Crippen molar-refractivity contribution in [1.82, 2.24) is 0 Å². The molecule has 0 bridgehead atoms. The first-order valence-corrected chi connectivity index (χ1v) is 9.91. The molecule has 0 spiro atoms. The van der Waals surface area contributed by atoms with E-state index in [1.807, 2.05) is 6.92 Å². The molecule has 4 fully saturated rings. The van der Waals surface area contributed by atoms with Gasteiger partial charge in [-0.1, -0.05) is 13.8 Å². The maximum Gasteiger partial charge on any atom is 0.161 e. The van der Waals surface area contributed by atoms with Gasteiger partial charge in [0.2, 0.25) is 0 Å². The molecule has 138 valence electrons. The van der Waals surface area contributed by atoms with Crippen LogP contribution in [0.3, 0.4) is 0 Å². The fourth-order valence-corrected chi connectivity index (χ4v) is 7.44. The van der Waals surface area contributed by atoms with Crippen LogP contribution >= 0.6 is 0 Å². The minimum atomic E-state index is -1.35. The second kappa shape index (κ2) is 5.25. The van der Waals surface area contributed by atoms with Crippen LogP contribution < -0.4 is 0 Å². The third-order valence-corrected chi connectivity index (χ3v) is 8.90. The van der Waals surface area contributed by atoms with Crippen molar-refractivity contribution in [3.63, 3.8) is 0 Å². The zero-order valence-electron chi connectivity index (χ0n) is 15.6. The van der Waals surface area contributed by atoms with E-state index in [0.29, 0.717) is 37.4 Å². The van der Waals surface area contributed by atoms with Gasteiger partial charge in [0.1, 0.15) is 17.2 Å². The van der Waals surface area contributed by atoms with E-state index >= 15 is 0 Å². The quantitative estimate of drug-likeness (QED) is 0.792. The maximum atomic E-state index is 13.3. The van der Waals surface area contributed by atoms with Gasteiger partial charge in [-0.3, -0.25) is 14.4 Å². The van der Waals surface area contributed by atoms with E-state index in [-0.39, 0.29) is 34.7 Å². The van der Waals surface area contributed by atoms with E-state index in [0.717, 1.165) is 25.7 Å². The minimum absolute atomic E-state index is 0.00623. The highest BCUT2D eigenvalue weighted by molar-refractivity contribution is 5.90. The molecule has 0 aromatic carbocycles. The Labute approximate surface area is 149 Å². The molecule has 4 saturated carbocycles. The van der Waals surface area contributed by atoms with Crippen LogP contribution in [0.15, 0.2) is 0 Å². The van der Waals surface area contributed by atoms with Crippen LogP contribution in [-0.2, 0) is 14.4 Å². The van der Waals surface area contributed by atoms with E-state index in [2.05, 4.69) is 6.92 Å². The number of hydrogen-bond acceptors (Lipinski definition) is 4. The zero-order valence-corrected chi connectivity index (χ0v) is 15.6. The summed E-state index contributed by atoms with van der Waals surface area (Å²) in [7, 11) is 0. The van der Waals surface area contributed by atoms with Crippen molar-refractivity contribution in [1.29, 1.82) is 0 Å². The summed E-state index contributed by atoms with van der Waals surface area (Å²) in [4.78, 5) is 37.5. The molecule has 0 aliphatic heterocycles. The van der Waals surface area contributed by atoms with Crippen LogP contribution in [0.25, 0.3) is 0 Å². The number of fused-ring (bicyclic) bond motifs is 5. The van der Waals surface area contributed by atoms with Gasteiger partial charge >= 0.3 is 0 Å². The lowest BCUT2D eigenvalue weighted by Crippen LogP contribution is -2.61. The topological polar surface area (TPSA) is 71.4 Å². The molecule has 1 N–H and O–H groups in total. The molecule has 0 heterocycles. The van der Waals surface area contributed by atoms with E-state index in [4.69, 9.17) is 0 Å². The molecular formula is C21H30O4. The van der Waals surface area contributed by atoms with E-state index in [9.17, 15) is 19.5 Å². The Balaban J connectivity index is 1.72. The molecule has 0 unspecified atom stereocenters. The fourth-order valence-electron chi connectivity index (χ4n) is 7.44. The smallest absolute Gasteiger partial charge is 0.161 e. The van der Waals surface area contributed by atoms with Crippen LogP contribution in [0, 0.1) is 34.5 Å². The fraction of sp³-hybridized carbons (Fsp3) is 0.857. The van der Waals surface area contributed by atoms with Gasteiger partial charge in [0.15, 0.2) is 5.78 Å². The first-order valence-electron chi connectivity index (χ1n) is 9.91. The Morgan fingerprint density at radius 2 is 1.84 bits per heavy atom. The molecule has 4 nitrogen and oxygen atoms in total. The van der Waals surface area contributed by atoms with Crippen molar-refractivity contribution >= 4 is 17.3 Å². The summed E-state index contributed by atoms with van der Waals surface area (Å²) < 4.78 is 0. The van der Waals surface area contributed by atoms with Crippen molar-refractivity contribution in [3.05, 3.63) is 0 Å². The highest BCUT2D eigenvalue weighted by atomic mass is 16.3. The van der Waals surface area contributed by atoms with Gasteiger partial charge in [0, 0.05) is 30.6 Å². The Morgan fingerprint density at radius 3 is 2.52 bits per heavy atom. The van der Waals surface area contributed by atoms with Gasteiger partial charge in [-0.2, -0.15) is 0 Å². The van der Waals surface area contributed by atoms with Crippen LogP contribution in [0.5, 0.6) is 0 Å². The molecule has 0 radical (unpaired) electrons. The number of aliphatic hydroxyl groups is 1. The van der Waals surface area contributed by atoms with Crippen LogP contribution in [-0.4, -0.2) is 28.1 Å². The van der Waals surface area contributed by atoms with E-state index < -0.39 is 11.0 Å². The number of hydrogen-bond donors (Lipinski definition) is 1. The minimum Gasteiger partial charge on any atom is -0.381 e. The lowest BCUT2D eigenvalue weighted by Gasteiger charge is -2.59. The highest BCUT2D eigenvalue weighted by Gasteiger charge is 2.68. The number of ketones is 3. The molecule has 4 aliphatic carbocycles. The predicted octanol–water partition coefficient (Wildman–Crippen LogP) is 3.10. The zero-order chi connectivity index (χ0) is 18.2. The molecule has 25 heavy (non-hydrogen) atoms. The van der Waals surface area contributed by atoms with Crippen LogP contribution in [0.2, 0.25) is 0 Å². The summed E-state index contributed by atoms with van der Waals surface area (Å²) in [5.41, 5.74) is -2.05. The first kappa shape index (κ1) is 17.4. The monoisotopic (exact) mass is 346 g/mol. The SMILES string of the molecule is CC(=O)[C@@]1(O)CC[C@@H]2[C@@H]3CC[C@H]4CC(=O)CC[C@]4(C)[C@H]3C(=O)C[C@@]21C. The molecule has 4 aliphatic rings. The summed E-state index contributed by atoms with van der Waals surface area (Å²) in [5, 5.41) is 11.1. The molecule has 0 saturated heterocycles. The number of carbonyl (C=O) groups is 3. The summed E-state index contributed by atoms with van der Waals surface area (Å²) in [6.07, 6.45) is 5.64. The summed E-state index contributed by atoms with van der Waals surface area (Å²) in [6, 6.07) is 0. The van der Waals surface area contributed by atoms with Crippen molar-refractivity contribution in [2.75, 3.05) is 0 Å². The largest absolute Gasteiger partial charge is 0.381 e. The van der Waals surface area contributed by atoms with Gasteiger partial charge in [0.05, 0.1) is 0 Å². The molecule has 4 rings (SSSR count). The summed E-state index contributed by atoms with van der Waals surface area (Å²) in [5.74, 6) is 1.22. The Hall–Kier alpha value is -1.03. The van der Waals surface area contributed by atoms with Crippen LogP contribution in [0.4, 0.5) is 0 Å². The number of carbonyl (C=O) groups excluding carboxylic acids is 3. The van der Waals surface area contributed by atoms with Gasteiger partial charge in [-0.25, -0.2) is 0 Å². The maximum absolute atomic E-state index is 13.3. The van der Waals surface area contributed by atoms with Crippen molar-refractivity contribution in [2.45, 2.75) is 77.7 Å². The average molecular weight is 346 g/mol. The average Bonchev–Trinajstić information content (AvgIpc) is 2.80. The Bertz CT molecular complexity index is 654. The van der Waals surface area contributed by atoms with Crippen LogP contribution in [0.1, 0.15) is 72.1 Å². The lowest BCUT2D eigenvalue weighted by atomic mass is 9.44. The highest BCUT2D eigenvalue weighted by Crippen LogP contribution is 2.67. The molecular weight excluding hydrogens is 316 g/mol. The third-order valence-electron chi connectivity index (χ3n) is 8.90. The third kappa shape index (κ3) is 2.06. The first-order chi connectivity index (χ1) is 11.6. The summed E-state index contributed by atoms with van der Waals surface area (Å²) >= 11 is 0. The number of Topliss-reactive ketones (excluding diaryl/α,β-unsaturated/α-hetero) is 3. The van der Waals surface area contributed by atoms with Crippen molar-refractivity contribution in [2.24, 2.45) is 34.5 Å². The second-order valence-corrected chi connectivity index (χ2v) is 9.79. The van der Waals surface area contributed by atoms with Gasteiger partial charge < -0.3 is 5.11 Å². The standard InChI is InChI=1S/C21H30O4/c1-12(22)21(25)9-7-16-15-5-4-13-10-14(23)6-8-19(13,2)18(15)17(24)11-20(16,21)3/h13,15-16,18,25H,4-11H2,1-3H3/t13-,15-,16+,18+,19-,20-,21-/m0/s1. The molecule has 4 heteroatoms. The van der Waals surface area contributed by atoms with Gasteiger partial charge in [-0.05, 0) is 62.2 Å². The second-order valence-electron chi connectivity index (χ2n) is 9.79. The van der Waals surface area contributed by atoms with Gasteiger partial charge in [0.25, 0.3) is 0 Å². The van der Waals surface area contributed by atoms with E-state index in [1.165, 1.54) is 6.92 Å². The van der Waals surface area contributed by atoms with E-state index in [1.54, 1.807) is 0 Å². The normalized spacial score (nSPS) is 52.3. The molecule has 0 aromatic rings. The molecule has 0 aromatic heterocycles. The lowest BCUT2D eigenvalue weighted by molar-refractivity contribution is -0.176. The predicted molar refractivity (Wildman–Crippen MR) is 92.8 cm³/mol. The summed E-state index contributed by atoms with van der Waals surface area (Å²) in [6.45, 7) is 5.67. The number of rotatable bonds is 1. The van der Waals surface area contributed by atoms with Gasteiger partial charge in [-0.15, -0.1) is 0 Å². The molecule has 7 atom stereocenters. The Morgan fingerprint density at radius 1 is 1.12 bits per heavy atom.